The maximum Gasteiger partial charge on any atom is 0.349 e. The molecule has 3 rings (SSSR count). The van der Waals surface area contributed by atoms with Crippen molar-refractivity contribution in [3.05, 3.63) is 23.8 Å². The maximum atomic E-state index is 13.3. The largest absolute Gasteiger partial charge is 0.493 e. The standard InChI is InChI=1S/C25H34N4O8.CH2O2/c1-13(2)17-11-29(24(33)16-7-9-20(30)27-16)12-21(31)26-14(3)22(25(34)36-5)37-19-10-15(23(32)28-17)6-8-18(19)35-4;2-1-3/h6,8,10,13-14,16-17,22H,7,9,11-12H2,1-5H3,(H,26,31)(H,27,30)(H,28,32);1H,(H,2,3)/t14-,16-,17?,22?;/m0./s1. The number of hydrogen-bond acceptors (Lipinski definition) is 9. The number of hydrogen-bond donors (Lipinski definition) is 4. The van der Waals surface area contributed by atoms with Crippen molar-refractivity contribution < 1.29 is 48.1 Å². The molecule has 0 aliphatic carbocycles. The van der Waals surface area contributed by atoms with Crippen LogP contribution in [0, 0.1) is 5.92 Å². The Morgan fingerprint density at radius 3 is 2.35 bits per heavy atom. The zero-order valence-electron chi connectivity index (χ0n) is 23.1. The lowest BCUT2D eigenvalue weighted by Gasteiger charge is -2.33. The molecule has 1 saturated heterocycles. The van der Waals surface area contributed by atoms with Gasteiger partial charge in [0.2, 0.25) is 23.8 Å². The number of carbonyl (C=O) groups is 6. The summed E-state index contributed by atoms with van der Waals surface area (Å²) in [5, 5.41) is 15.2. The van der Waals surface area contributed by atoms with Crippen molar-refractivity contribution in [2.24, 2.45) is 5.92 Å². The van der Waals surface area contributed by atoms with Crippen molar-refractivity contribution in [2.75, 3.05) is 27.3 Å². The van der Waals surface area contributed by atoms with E-state index >= 15 is 0 Å². The highest BCUT2D eigenvalue weighted by Crippen LogP contribution is 2.30. The van der Waals surface area contributed by atoms with Crippen LogP contribution >= 0.6 is 0 Å². The third-order valence-corrected chi connectivity index (χ3v) is 6.43. The molecular weight excluding hydrogens is 528 g/mol. The van der Waals surface area contributed by atoms with Gasteiger partial charge in [0.15, 0.2) is 11.5 Å². The summed E-state index contributed by atoms with van der Waals surface area (Å²) in [4.78, 5) is 73.5. The molecule has 2 bridgehead atoms. The van der Waals surface area contributed by atoms with Crippen LogP contribution in [-0.4, -0.2) is 97.6 Å². The van der Waals surface area contributed by atoms with Crippen molar-refractivity contribution in [1.82, 2.24) is 20.9 Å². The van der Waals surface area contributed by atoms with E-state index in [0.717, 1.165) is 0 Å². The van der Waals surface area contributed by atoms with Crippen molar-refractivity contribution >= 4 is 36.1 Å². The molecule has 4 amide bonds. The Morgan fingerprint density at radius 1 is 1.12 bits per heavy atom. The third-order valence-electron chi connectivity index (χ3n) is 6.43. The Hall–Kier alpha value is -4.36. The van der Waals surface area contributed by atoms with E-state index in [0.29, 0.717) is 6.42 Å². The molecule has 2 aliphatic rings. The van der Waals surface area contributed by atoms with E-state index in [1.807, 2.05) is 13.8 Å². The fraction of sp³-hybridized carbons (Fsp3) is 0.538. The molecule has 0 spiro atoms. The van der Waals surface area contributed by atoms with Gasteiger partial charge >= 0.3 is 5.97 Å². The minimum absolute atomic E-state index is 0.0380. The number of nitrogens with zero attached hydrogens (tertiary/aromatic N) is 1. The molecule has 0 radical (unpaired) electrons. The van der Waals surface area contributed by atoms with E-state index in [2.05, 4.69) is 16.0 Å². The Kier molecular flexibility index (Phi) is 11.7. The molecule has 2 heterocycles. The zero-order chi connectivity index (χ0) is 30.0. The number of amides is 4. The highest BCUT2D eigenvalue weighted by molar-refractivity contribution is 5.96. The number of carbonyl (C=O) groups excluding carboxylic acids is 5. The number of methoxy groups -OCH3 is 2. The molecule has 4 atom stereocenters. The molecule has 1 fully saturated rings. The van der Waals surface area contributed by atoms with Gasteiger partial charge in [-0.15, -0.1) is 0 Å². The fourth-order valence-corrected chi connectivity index (χ4v) is 4.23. The minimum Gasteiger partial charge on any atom is -0.493 e. The smallest absolute Gasteiger partial charge is 0.349 e. The molecule has 0 saturated carbocycles. The van der Waals surface area contributed by atoms with Crippen LogP contribution in [0.1, 0.15) is 44.0 Å². The van der Waals surface area contributed by atoms with E-state index in [1.165, 1.54) is 31.3 Å². The van der Waals surface area contributed by atoms with Crippen LogP contribution in [0.4, 0.5) is 0 Å². The van der Waals surface area contributed by atoms with Gasteiger partial charge in [0.25, 0.3) is 12.4 Å². The van der Waals surface area contributed by atoms with Gasteiger partial charge in [-0.05, 0) is 37.5 Å². The summed E-state index contributed by atoms with van der Waals surface area (Å²) in [6.45, 7) is 4.78. The van der Waals surface area contributed by atoms with Crippen LogP contribution in [-0.2, 0) is 28.7 Å². The first kappa shape index (κ1) is 31.9. The Morgan fingerprint density at radius 2 is 1.80 bits per heavy atom. The summed E-state index contributed by atoms with van der Waals surface area (Å²) >= 11 is 0. The molecule has 0 aromatic heterocycles. The molecule has 14 nitrogen and oxygen atoms in total. The van der Waals surface area contributed by atoms with Gasteiger partial charge in [0.05, 0.1) is 26.8 Å². The predicted molar refractivity (Wildman–Crippen MR) is 140 cm³/mol. The van der Waals surface area contributed by atoms with Crippen LogP contribution in [0.15, 0.2) is 18.2 Å². The Labute approximate surface area is 231 Å². The second kappa shape index (κ2) is 14.7. The quantitative estimate of drug-likeness (QED) is 0.279. The first-order valence-electron chi connectivity index (χ1n) is 12.6. The van der Waals surface area contributed by atoms with Crippen LogP contribution < -0.4 is 25.4 Å². The van der Waals surface area contributed by atoms with Crippen molar-refractivity contribution in [1.29, 1.82) is 0 Å². The molecule has 4 N–H and O–H groups in total. The lowest BCUT2D eigenvalue weighted by atomic mass is 10.0. The van der Waals surface area contributed by atoms with E-state index < -0.39 is 47.9 Å². The second-order valence-electron chi connectivity index (χ2n) is 9.59. The van der Waals surface area contributed by atoms with E-state index in [9.17, 15) is 24.0 Å². The van der Waals surface area contributed by atoms with Crippen molar-refractivity contribution in [3.63, 3.8) is 0 Å². The Balaban J connectivity index is 0.00000178. The van der Waals surface area contributed by atoms with E-state index in [-0.39, 0.29) is 54.9 Å². The molecule has 1 aromatic rings. The van der Waals surface area contributed by atoms with Crippen LogP contribution in [0.5, 0.6) is 11.5 Å². The van der Waals surface area contributed by atoms with Crippen LogP contribution in [0.2, 0.25) is 0 Å². The lowest BCUT2D eigenvalue weighted by Crippen LogP contribution is -2.56. The molecule has 2 aliphatic heterocycles. The fourth-order valence-electron chi connectivity index (χ4n) is 4.23. The average Bonchev–Trinajstić information content (AvgIpc) is 3.35. The Bertz CT molecular complexity index is 1110. The molecule has 2 unspecified atom stereocenters. The van der Waals surface area contributed by atoms with Gasteiger partial charge in [-0.2, -0.15) is 0 Å². The molecule has 14 heteroatoms. The summed E-state index contributed by atoms with van der Waals surface area (Å²) in [6.07, 6.45) is -0.737. The normalized spacial score (nSPS) is 23.2. The molecule has 1 aromatic carbocycles. The maximum absolute atomic E-state index is 13.3. The number of benzene rings is 1. The van der Waals surface area contributed by atoms with Crippen molar-refractivity contribution in [3.8, 4) is 11.5 Å². The van der Waals surface area contributed by atoms with E-state index in [4.69, 9.17) is 24.1 Å². The summed E-state index contributed by atoms with van der Waals surface area (Å²) in [5.74, 6) is -2.08. The zero-order valence-corrected chi connectivity index (χ0v) is 23.1. The first-order valence-corrected chi connectivity index (χ1v) is 12.6. The number of fused-ring (bicyclic) bond motifs is 2. The van der Waals surface area contributed by atoms with Gasteiger partial charge in [-0.25, -0.2) is 4.79 Å². The van der Waals surface area contributed by atoms with Crippen LogP contribution in [0.25, 0.3) is 0 Å². The predicted octanol–water partition coefficient (Wildman–Crippen LogP) is -0.304. The monoisotopic (exact) mass is 564 g/mol. The SMILES string of the molecule is COC(=O)C1Oc2cc(ccc2OC)C(=O)NC(C(C)C)CN(C(=O)[C@@H]2CCC(=O)N2)CC(=O)N[C@H]1C.O=CO. The highest BCUT2D eigenvalue weighted by Gasteiger charge is 2.36. The average molecular weight is 565 g/mol. The molecular formula is C26H36N4O10. The number of rotatable bonds is 4. The van der Waals surface area contributed by atoms with Crippen LogP contribution in [0.3, 0.4) is 0 Å². The van der Waals surface area contributed by atoms with Gasteiger partial charge in [0.1, 0.15) is 6.04 Å². The minimum atomic E-state index is -1.27. The van der Waals surface area contributed by atoms with Gasteiger partial charge < -0.3 is 40.2 Å². The third kappa shape index (κ3) is 8.32. The van der Waals surface area contributed by atoms with Gasteiger partial charge in [-0.3, -0.25) is 24.0 Å². The molecule has 40 heavy (non-hydrogen) atoms. The highest BCUT2D eigenvalue weighted by atomic mass is 16.6. The first-order chi connectivity index (χ1) is 18.9. The number of esters is 1. The summed E-state index contributed by atoms with van der Waals surface area (Å²) in [5.41, 5.74) is 0.250. The lowest BCUT2D eigenvalue weighted by molar-refractivity contribution is -0.150. The number of ether oxygens (including phenoxy) is 3. The molecule has 220 valence electrons. The topological polar surface area (TPSA) is 190 Å². The summed E-state index contributed by atoms with van der Waals surface area (Å²) in [6, 6.07) is 2.41. The second-order valence-corrected chi connectivity index (χ2v) is 9.59. The van der Waals surface area contributed by atoms with Crippen molar-refractivity contribution in [2.45, 2.75) is 57.8 Å². The summed E-state index contributed by atoms with van der Waals surface area (Å²) < 4.78 is 16.1. The van der Waals surface area contributed by atoms with E-state index in [1.54, 1.807) is 13.0 Å². The number of carboxylic acid groups (broad SMARTS) is 1. The number of nitrogens with one attached hydrogen (secondary N) is 3. The van der Waals surface area contributed by atoms with Gasteiger partial charge in [0, 0.05) is 24.6 Å². The summed E-state index contributed by atoms with van der Waals surface area (Å²) in [7, 11) is 2.61. The van der Waals surface area contributed by atoms with Gasteiger partial charge in [-0.1, -0.05) is 13.8 Å².